The smallest absolute Gasteiger partial charge is 0.255 e. The van der Waals surface area contributed by atoms with Crippen LogP contribution in [0.15, 0.2) is 48.5 Å². The number of hydrogen-bond donors (Lipinski definition) is 0. The van der Waals surface area contributed by atoms with E-state index in [2.05, 4.69) is 17.0 Å². The van der Waals surface area contributed by atoms with Crippen molar-refractivity contribution < 1.29 is 9.53 Å². The van der Waals surface area contributed by atoms with E-state index in [1.165, 1.54) is 5.69 Å². The molecule has 1 fully saturated rings. The van der Waals surface area contributed by atoms with Gasteiger partial charge in [0.25, 0.3) is 5.91 Å². The summed E-state index contributed by atoms with van der Waals surface area (Å²) in [5.41, 5.74) is 2.83. The van der Waals surface area contributed by atoms with Gasteiger partial charge in [0.2, 0.25) is 0 Å². The number of para-hydroxylation sites is 1. The summed E-state index contributed by atoms with van der Waals surface area (Å²) in [6, 6.07) is 15.4. The third-order valence-corrected chi connectivity index (χ3v) is 4.53. The Morgan fingerprint density at radius 2 is 1.79 bits per heavy atom. The maximum atomic E-state index is 12.7. The maximum absolute atomic E-state index is 12.7. The molecule has 1 heterocycles. The number of morpholine rings is 1. The molecule has 0 aromatic heterocycles. The number of carbonyl (C=O) groups excluding carboxylic acids is 1. The third kappa shape index (κ3) is 3.71. The fourth-order valence-corrected chi connectivity index (χ4v) is 3.14. The predicted molar refractivity (Wildman–Crippen MR) is 96.7 cm³/mol. The SMILES string of the molecule is CN(Cc1ccccc1N1CCOCC1)C(=O)c1ccccc1Cl. The minimum atomic E-state index is -0.0719. The van der Waals surface area contributed by atoms with Crippen molar-refractivity contribution in [2.24, 2.45) is 0 Å². The van der Waals surface area contributed by atoms with E-state index in [1.54, 1.807) is 17.0 Å². The molecule has 0 N–H and O–H groups in total. The summed E-state index contributed by atoms with van der Waals surface area (Å²) in [6.07, 6.45) is 0. The van der Waals surface area contributed by atoms with Crippen LogP contribution in [0.5, 0.6) is 0 Å². The van der Waals surface area contributed by atoms with Gasteiger partial charge in [0.05, 0.1) is 23.8 Å². The summed E-state index contributed by atoms with van der Waals surface area (Å²) in [6.45, 7) is 3.77. The van der Waals surface area contributed by atoms with Crippen LogP contribution in [-0.4, -0.2) is 44.2 Å². The predicted octanol–water partition coefficient (Wildman–Crippen LogP) is 3.45. The van der Waals surface area contributed by atoms with Gasteiger partial charge in [0.15, 0.2) is 0 Å². The van der Waals surface area contributed by atoms with Gasteiger partial charge in [-0.1, -0.05) is 41.9 Å². The van der Waals surface area contributed by atoms with E-state index < -0.39 is 0 Å². The molecule has 24 heavy (non-hydrogen) atoms. The zero-order valence-electron chi connectivity index (χ0n) is 13.7. The Balaban J connectivity index is 1.78. The molecule has 1 amide bonds. The Hall–Kier alpha value is -2.04. The molecular formula is C19H21ClN2O2. The average molecular weight is 345 g/mol. The maximum Gasteiger partial charge on any atom is 0.255 e. The van der Waals surface area contributed by atoms with E-state index >= 15 is 0 Å². The highest BCUT2D eigenvalue weighted by Gasteiger charge is 2.18. The quantitative estimate of drug-likeness (QED) is 0.851. The van der Waals surface area contributed by atoms with E-state index in [0.29, 0.717) is 17.1 Å². The largest absolute Gasteiger partial charge is 0.378 e. The molecule has 2 aromatic rings. The molecule has 4 nitrogen and oxygen atoms in total. The van der Waals surface area contributed by atoms with Gasteiger partial charge in [-0.3, -0.25) is 4.79 Å². The summed E-state index contributed by atoms with van der Waals surface area (Å²) in [7, 11) is 1.81. The normalized spacial score (nSPS) is 14.5. The van der Waals surface area contributed by atoms with E-state index in [4.69, 9.17) is 16.3 Å². The van der Waals surface area contributed by atoms with Crippen molar-refractivity contribution in [1.82, 2.24) is 4.90 Å². The Kier molecular flexibility index (Phi) is 5.38. The molecule has 0 bridgehead atoms. The van der Waals surface area contributed by atoms with Crippen LogP contribution in [0.4, 0.5) is 5.69 Å². The minimum Gasteiger partial charge on any atom is -0.378 e. The Morgan fingerprint density at radius 3 is 2.54 bits per heavy atom. The lowest BCUT2D eigenvalue weighted by Crippen LogP contribution is -2.37. The highest BCUT2D eigenvalue weighted by Crippen LogP contribution is 2.24. The summed E-state index contributed by atoms with van der Waals surface area (Å²) >= 11 is 6.15. The standard InChI is InChI=1S/C19H21ClN2O2/c1-21(19(23)16-7-3-4-8-17(16)20)14-15-6-2-5-9-18(15)22-10-12-24-13-11-22/h2-9H,10-14H2,1H3. The number of amides is 1. The van der Waals surface area contributed by atoms with Gasteiger partial charge in [0, 0.05) is 32.4 Å². The molecule has 0 unspecified atom stereocenters. The number of halogens is 1. The van der Waals surface area contributed by atoms with Gasteiger partial charge >= 0.3 is 0 Å². The second-order valence-corrected chi connectivity index (χ2v) is 6.28. The fourth-order valence-electron chi connectivity index (χ4n) is 2.92. The zero-order chi connectivity index (χ0) is 16.9. The summed E-state index contributed by atoms with van der Waals surface area (Å²) in [5.74, 6) is -0.0719. The molecule has 1 aliphatic rings. The lowest BCUT2D eigenvalue weighted by atomic mass is 10.1. The first-order valence-corrected chi connectivity index (χ1v) is 8.45. The molecule has 0 aliphatic carbocycles. The van der Waals surface area contributed by atoms with E-state index in [-0.39, 0.29) is 5.91 Å². The first-order valence-electron chi connectivity index (χ1n) is 8.07. The van der Waals surface area contributed by atoms with Crippen LogP contribution >= 0.6 is 11.6 Å². The van der Waals surface area contributed by atoms with Gasteiger partial charge in [0.1, 0.15) is 0 Å². The zero-order valence-corrected chi connectivity index (χ0v) is 14.5. The number of nitrogens with zero attached hydrogens (tertiary/aromatic N) is 2. The molecule has 2 aromatic carbocycles. The van der Waals surface area contributed by atoms with Crippen LogP contribution in [-0.2, 0) is 11.3 Å². The highest BCUT2D eigenvalue weighted by atomic mass is 35.5. The van der Waals surface area contributed by atoms with Crippen molar-refractivity contribution in [3.8, 4) is 0 Å². The average Bonchev–Trinajstić information content (AvgIpc) is 2.63. The van der Waals surface area contributed by atoms with Crippen LogP contribution in [0.25, 0.3) is 0 Å². The molecule has 0 atom stereocenters. The Morgan fingerprint density at radius 1 is 1.12 bits per heavy atom. The lowest BCUT2D eigenvalue weighted by Gasteiger charge is -2.31. The van der Waals surface area contributed by atoms with Crippen molar-refractivity contribution in [2.45, 2.75) is 6.54 Å². The van der Waals surface area contributed by atoms with E-state index in [9.17, 15) is 4.79 Å². The van der Waals surface area contributed by atoms with Crippen LogP contribution in [0.3, 0.4) is 0 Å². The van der Waals surface area contributed by atoms with Crippen molar-refractivity contribution in [1.29, 1.82) is 0 Å². The molecule has 1 saturated heterocycles. The van der Waals surface area contributed by atoms with Gasteiger partial charge in [-0.15, -0.1) is 0 Å². The first-order chi connectivity index (χ1) is 11.7. The monoisotopic (exact) mass is 344 g/mol. The summed E-state index contributed by atoms with van der Waals surface area (Å²) in [4.78, 5) is 16.7. The minimum absolute atomic E-state index is 0.0719. The molecule has 0 saturated carbocycles. The number of benzene rings is 2. The van der Waals surface area contributed by atoms with E-state index in [0.717, 1.165) is 31.9 Å². The van der Waals surface area contributed by atoms with Crippen LogP contribution in [0.1, 0.15) is 15.9 Å². The summed E-state index contributed by atoms with van der Waals surface area (Å²) < 4.78 is 5.43. The Bertz CT molecular complexity index is 714. The third-order valence-electron chi connectivity index (χ3n) is 4.20. The van der Waals surface area contributed by atoms with Crippen LogP contribution in [0, 0.1) is 0 Å². The number of carbonyl (C=O) groups is 1. The molecule has 3 rings (SSSR count). The molecule has 0 radical (unpaired) electrons. The van der Waals surface area contributed by atoms with Gasteiger partial charge < -0.3 is 14.5 Å². The van der Waals surface area contributed by atoms with Crippen molar-refractivity contribution >= 4 is 23.2 Å². The van der Waals surface area contributed by atoms with Gasteiger partial charge in [-0.05, 0) is 23.8 Å². The van der Waals surface area contributed by atoms with E-state index in [1.807, 2.05) is 31.3 Å². The molecule has 126 valence electrons. The number of ether oxygens (including phenoxy) is 1. The topological polar surface area (TPSA) is 32.8 Å². The second-order valence-electron chi connectivity index (χ2n) is 5.87. The molecule has 1 aliphatic heterocycles. The number of anilines is 1. The molecular weight excluding hydrogens is 324 g/mol. The first kappa shape index (κ1) is 16.8. The Labute approximate surface area is 147 Å². The van der Waals surface area contributed by atoms with Crippen LogP contribution in [0.2, 0.25) is 5.02 Å². The molecule has 5 heteroatoms. The lowest BCUT2D eigenvalue weighted by molar-refractivity contribution is 0.0785. The van der Waals surface area contributed by atoms with Crippen molar-refractivity contribution in [2.75, 3.05) is 38.3 Å². The van der Waals surface area contributed by atoms with Gasteiger partial charge in [-0.25, -0.2) is 0 Å². The number of hydrogen-bond acceptors (Lipinski definition) is 3. The summed E-state index contributed by atoms with van der Waals surface area (Å²) in [5, 5.41) is 0.482. The second kappa shape index (κ2) is 7.69. The van der Waals surface area contributed by atoms with Gasteiger partial charge in [-0.2, -0.15) is 0 Å². The molecule has 0 spiro atoms. The van der Waals surface area contributed by atoms with Crippen molar-refractivity contribution in [3.63, 3.8) is 0 Å². The fraction of sp³-hybridized carbons (Fsp3) is 0.316. The van der Waals surface area contributed by atoms with Crippen LogP contribution < -0.4 is 4.90 Å². The number of rotatable bonds is 4. The highest BCUT2D eigenvalue weighted by molar-refractivity contribution is 6.33. The van der Waals surface area contributed by atoms with Crippen molar-refractivity contribution in [3.05, 3.63) is 64.7 Å².